The van der Waals surface area contributed by atoms with Crippen LogP contribution in [0.2, 0.25) is 0 Å². The van der Waals surface area contributed by atoms with Crippen LogP contribution >= 0.6 is 0 Å². The van der Waals surface area contributed by atoms with Gasteiger partial charge < -0.3 is 4.74 Å². The average Bonchev–Trinajstić information content (AvgIpc) is 2.68. The number of rotatable bonds is 4. The molecule has 4 rings (SSSR count). The molecule has 0 aromatic carbocycles. The highest BCUT2D eigenvalue weighted by atomic mass is 16.5. The van der Waals surface area contributed by atoms with Gasteiger partial charge in [0.2, 0.25) is 0 Å². The molecule has 4 heterocycles. The minimum Gasteiger partial charge on any atom is -0.496 e. The third-order valence-corrected chi connectivity index (χ3v) is 4.87. The molecule has 0 unspecified atom stereocenters. The molecule has 0 aliphatic carbocycles. The molecule has 130 valence electrons. The van der Waals surface area contributed by atoms with Crippen molar-refractivity contribution >= 4 is 5.71 Å². The third-order valence-electron chi connectivity index (χ3n) is 4.87. The van der Waals surface area contributed by atoms with Crippen molar-refractivity contribution in [3.05, 3.63) is 47.3 Å². The molecule has 2 aliphatic rings. The van der Waals surface area contributed by atoms with E-state index in [1.54, 1.807) is 13.3 Å². The summed E-state index contributed by atoms with van der Waals surface area (Å²) in [4.78, 5) is 20.6. The molecule has 0 bridgehead atoms. The van der Waals surface area contributed by atoms with Gasteiger partial charge in [-0.15, -0.1) is 0 Å². The number of hydrogen-bond donors (Lipinski definition) is 0. The molecule has 0 amide bonds. The van der Waals surface area contributed by atoms with Gasteiger partial charge in [0, 0.05) is 62.3 Å². The van der Waals surface area contributed by atoms with Crippen LogP contribution in [0.5, 0.6) is 5.75 Å². The van der Waals surface area contributed by atoms with E-state index in [1.165, 1.54) is 24.1 Å². The molecule has 6 heteroatoms. The molecule has 0 N–H and O–H groups in total. The second kappa shape index (κ2) is 7.27. The molecule has 0 atom stereocenters. The van der Waals surface area contributed by atoms with Crippen molar-refractivity contribution in [2.24, 2.45) is 4.99 Å². The standard InChI is InChI=1S/C19H23N5O/c1-25-18-5-8-20-10-15(18)13-24-9-6-16-14(12-24)11-22-19(23-16)17-4-2-3-7-21-17/h5,8,10-11H,2-4,6-7,9,12-13H2,1H3. The first-order valence-electron chi connectivity index (χ1n) is 8.91. The summed E-state index contributed by atoms with van der Waals surface area (Å²) in [5, 5.41) is 0. The Morgan fingerprint density at radius 1 is 1.20 bits per heavy atom. The molecule has 2 aromatic rings. The Morgan fingerprint density at radius 2 is 2.16 bits per heavy atom. The van der Waals surface area contributed by atoms with Crippen LogP contribution in [0.25, 0.3) is 0 Å². The number of nitrogens with zero attached hydrogens (tertiary/aromatic N) is 5. The normalized spacial score (nSPS) is 17.7. The van der Waals surface area contributed by atoms with Gasteiger partial charge in [-0.25, -0.2) is 9.97 Å². The summed E-state index contributed by atoms with van der Waals surface area (Å²) in [5.41, 5.74) is 4.58. The van der Waals surface area contributed by atoms with E-state index < -0.39 is 0 Å². The van der Waals surface area contributed by atoms with E-state index in [0.29, 0.717) is 0 Å². The molecule has 0 spiro atoms. The van der Waals surface area contributed by atoms with Crippen molar-refractivity contribution in [1.82, 2.24) is 19.9 Å². The number of hydrogen-bond acceptors (Lipinski definition) is 6. The van der Waals surface area contributed by atoms with Crippen molar-refractivity contribution in [2.45, 2.75) is 38.8 Å². The maximum absolute atomic E-state index is 5.43. The van der Waals surface area contributed by atoms with E-state index in [4.69, 9.17) is 9.72 Å². The fourth-order valence-corrected chi connectivity index (χ4v) is 3.50. The summed E-state index contributed by atoms with van der Waals surface area (Å²) in [6, 6.07) is 1.91. The molecule has 0 fully saturated rings. The second-order valence-electron chi connectivity index (χ2n) is 6.60. The zero-order chi connectivity index (χ0) is 17.1. The predicted molar refractivity (Wildman–Crippen MR) is 95.9 cm³/mol. The molecule has 2 aromatic heterocycles. The summed E-state index contributed by atoms with van der Waals surface area (Å²) in [6.07, 6.45) is 9.96. The highest BCUT2D eigenvalue weighted by Crippen LogP contribution is 2.23. The first-order valence-corrected chi connectivity index (χ1v) is 8.91. The lowest BCUT2D eigenvalue weighted by Crippen LogP contribution is -2.31. The highest BCUT2D eigenvalue weighted by Gasteiger charge is 2.21. The Kier molecular flexibility index (Phi) is 4.70. The predicted octanol–water partition coefficient (Wildman–Crippen LogP) is 2.41. The van der Waals surface area contributed by atoms with Crippen LogP contribution in [-0.4, -0.2) is 45.8 Å². The van der Waals surface area contributed by atoms with Gasteiger partial charge in [-0.05, 0) is 25.3 Å². The van der Waals surface area contributed by atoms with Crippen LogP contribution in [0.4, 0.5) is 0 Å². The molecule has 25 heavy (non-hydrogen) atoms. The van der Waals surface area contributed by atoms with Gasteiger partial charge in [0.1, 0.15) is 5.75 Å². The van der Waals surface area contributed by atoms with Crippen LogP contribution in [0.15, 0.2) is 29.6 Å². The van der Waals surface area contributed by atoms with Gasteiger partial charge >= 0.3 is 0 Å². The topological polar surface area (TPSA) is 63.5 Å². The van der Waals surface area contributed by atoms with Gasteiger partial charge in [0.05, 0.1) is 18.5 Å². The zero-order valence-electron chi connectivity index (χ0n) is 14.6. The van der Waals surface area contributed by atoms with Crippen LogP contribution < -0.4 is 4.74 Å². The maximum Gasteiger partial charge on any atom is 0.173 e. The summed E-state index contributed by atoms with van der Waals surface area (Å²) in [7, 11) is 1.70. The van der Waals surface area contributed by atoms with E-state index in [0.717, 1.165) is 61.9 Å². The molecular formula is C19H23N5O. The van der Waals surface area contributed by atoms with Crippen LogP contribution in [-0.2, 0) is 19.5 Å². The minimum absolute atomic E-state index is 0.824. The Bertz CT molecular complexity index is 789. The Hall–Kier alpha value is -2.34. The Labute approximate surface area is 148 Å². The first kappa shape index (κ1) is 16.1. The first-order chi connectivity index (χ1) is 12.3. The summed E-state index contributed by atoms with van der Waals surface area (Å²) in [6.45, 7) is 3.58. The van der Waals surface area contributed by atoms with Gasteiger partial charge in [-0.1, -0.05) is 0 Å². The minimum atomic E-state index is 0.824. The second-order valence-corrected chi connectivity index (χ2v) is 6.60. The number of ether oxygens (including phenoxy) is 1. The van der Waals surface area contributed by atoms with Crippen LogP contribution in [0, 0.1) is 0 Å². The number of aromatic nitrogens is 3. The average molecular weight is 337 g/mol. The van der Waals surface area contributed by atoms with E-state index in [1.807, 2.05) is 18.5 Å². The zero-order valence-corrected chi connectivity index (χ0v) is 14.6. The fourth-order valence-electron chi connectivity index (χ4n) is 3.50. The van der Waals surface area contributed by atoms with Gasteiger partial charge in [0.25, 0.3) is 0 Å². The third kappa shape index (κ3) is 3.54. The lowest BCUT2D eigenvalue weighted by atomic mass is 10.0. The van der Waals surface area contributed by atoms with E-state index in [2.05, 4.69) is 19.9 Å². The molecular weight excluding hydrogens is 314 g/mol. The number of pyridine rings is 1. The summed E-state index contributed by atoms with van der Waals surface area (Å²) in [5.74, 6) is 1.73. The summed E-state index contributed by atoms with van der Waals surface area (Å²) < 4.78 is 5.43. The molecule has 2 aliphatic heterocycles. The number of fused-ring (bicyclic) bond motifs is 1. The lowest BCUT2D eigenvalue weighted by molar-refractivity contribution is 0.238. The van der Waals surface area contributed by atoms with Crippen molar-refractivity contribution < 1.29 is 4.74 Å². The van der Waals surface area contributed by atoms with Gasteiger partial charge in [0.15, 0.2) is 5.82 Å². The number of methoxy groups -OCH3 is 1. The van der Waals surface area contributed by atoms with Gasteiger partial charge in [-0.3, -0.25) is 14.9 Å². The monoisotopic (exact) mass is 337 g/mol. The van der Waals surface area contributed by atoms with E-state index in [9.17, 15) is 0 Å². The van der Waals surface area contributed by atoms with Crippen molar-refractivity contribution in [2.75, 3.05) is 20.2 Å². The Balaban J connectivity index is 1.49. The van der Waals surface area contributed by atoms with Crippen molar-refractivity contribution in [3.63, 3.8) is 0 Å². The molecule has 0 saturated heterocycles. The quantitative estimate of drug-likeness (QED) is 0.857. The highest BCUT2D eigenvalue weighted by molar-refractivity contribution is 5.97. The summed E-state index contributed by atoms with van der Waals surface area (Å²) >= 11 is 0. The maximum atomic E-state index is 5.43. The Morgan fingerprint density at radius 3 is 3.00 bits per heavy atom. The lowest BCUT2D eigenvalue weighted by Gasteiger charge is -2.28. The molecule has 0 saturated carbocycles. The van der Waals surface area contributed by atoms with Crippen molar-refractivity contribution in [1.29, 1.82) is 0 Å². The SMILES string of the molecule is COc1ccncc1CN1CCc2nc(C3=NCCCC3)ncc2C1. The van der Waals surface area contributed by atoms with Crippen molar-refractivity contribution in [3.8, 4) is 5.75 Å². The smallest absolute Gasteiger partial charge is 0.173 e. The van der Waals surface area contributed by atoms with Gasteiger partial charge in [-0.2, -0.15) is 0 Å². The molecule has 0 radical (unpaired) electrons. The fraction of sp³-hybridized carbons (Fsp3) is 0.474. The van der Waals surface area contributed by atoms with E-state index in [-0.39, 0.29) is 0 Å². The molecule has 6 nitrogen and oxygen atoms in total. The van der Waals surface area contributed by atoms with E-state index >= 15 is 0 Å². The van der Waals surface area contributed by atoms with Crippen LogP contribution in [0.1, 0.15) is 41.9 Å². The number of aliphatic imine (C=N–C) groups is 1. The van der Waals surface area contributed by atoms with Crippen LogP contribution in [0.3, 0.4) is 0 Å². The largest absolute Gasteiger partial charge is 0.496 e.